The molecule has 35 heavy (non-hydrogen) atoms. The molecule has 4 rings (SSSR count). The first-order valence-electron chi connectivity index (χ1n) is 12.2. The van der Waals surface area contributed by atoms with Crippen LogP contribution in [0, 0.1) is 11.2 Å². The molecule has 0 aromatic heterocycles. The second kappa shape index (κ2) is 11.8. The Labute approximate surface area is 210 Å². The second-order valence-corrected chi connectivity index (χ2v) is 9.97. The largest absolute Gasteiger partial charge is 0.493 e. The third-order valence-corrected chi connectivity index (χ3v) is 6.98. The van der Waals surface area contributed by atoms with Gasteiger partial charge in [0.05, 0.1) is 6.61 Å². The summed E-state index contributed by atoms with van der Waals surface area (Å²) in [4.78, 5) is 29.9. The van der Waals surface area contributed by atoms with Gasteiger partial charge in [-0.15, -0.1) is 0 Å². The van der Waals surface area contributed by atoms with Crippen LogP contribution in [0.2, 0.25) is 5.02 Å². The highest BCUT2D eigenvalue weighted by Crippen LogP contribution is 2.36. The average molecular weight is 503 g/mol. The standard InChI is InChI=1S/C27H32ClFN2O4/c28-21-7-4-9-23(15-21)35-20-27(17-25(32)30-12-2-1-3-13-30)11-6-14-31(19-27)26(33)18-34-24-10-5-8-22(29)16-24/h4-5,7-10,15-16H,1-3,6,11-14,17-20H2/t27-/m0/s1. The number of ether oxygens (including phenoxy) is 2. The Balaban J connectivity index is 1.45. The lowest BCUT2D eigenvalue weighted by molar-refractivity contribution is -0.143. The van der Waals surface area contributed by atoms with Gasteiger partial charge in [-0.05, 0) is 62.4 Å². The molecule has 2 aliphatic rings. The highest BCUT2D eigenvalue weighted by molar-refractivity contribution is 6.30. The smallest absolute Gasteiger partial charge is 0.260 e. The van der Waals surface area contributed by atoms with Gasteiger partial charge in [-0.25, -0.2) is 4.39 Å². The predicted molar refractivity (Wildman–Crippen MR) is 132 cm³/mol. The van der Waals surface area contributed by atoms with Crippen LogP contribution >= 0.6 is 11.6 Å². The van der Waals surface area contributed by atoms with Crippen LogP contribution in [0.15, 0.2) is 48.5 Å². The lowest BCUT2D eigenvalue weighted by atomic mass is 9.77. The van der Waals surface area contributed by atoms with Crippen molar-refractivity contribution in [3.8, 4) is 11.5 Å². The van der Waals surface area contributed by atoms with Crippen molar-refractivity contribution in [3.05, 3.63) is 59.4 Å². The zero-order valence-electron chi connectivity index (χ0n) is 19.9. The molecule has 0 radical (unpaired) electrons. The van der Waals surface area contributed by atoms with Gasteiger partial charge in [-0.3, -0.25) is 9.59 Å². The molecule has 2 aromatic carbocycles. The quantitative estimate of drug-likeness (QED) is 0.512. The van der Waals surface area contributed by atoms with E-state index in [2.05, 4.69) is 0 Å². The van der Waals surface area contributed by atoms with Gasteiger partial charge in [0.2, 0.25) is 5.91 Å². The molecule has 0 bridgehead atoms. The maximum absolute atomic E-state index is 13.4. The number of halogens is 2. The van der Waals surface area contributed by atoms with E-state index in [-0.39, 0.29) is 18.4 Å². The Bertz CT molecular complexity index is 1030. The molecule has 0 aliphatic carbocycles. The Morgan fingerprint density at radius 3 is 2.34 bits per heavy atom. The minimum absolute atomic E-state index is 0.115. The van der Waals surface area contributed by atoms with E-state index in [1.54, 1.807) is 29.2 Å². The molecular formula is C27H32ClFN2O4. The van der Waals surface area contributed by atoms with Crippen molar-refractivity contribution in [2.45, 2.75) is 38.5 Å². The number of rotatable bonds is 8. The molecule has 2 aliphatic heterocycles. The van der Waals surface area contributed by atoms with Gasteiger partial charge in [0.1, 0.15) is 17.3 Å². The van der Waals surface area contributed by atoms with Gasteiger partial charge >= 0.3 is 0 Å². The molecule has 2 aromatic rings. The number of piperidine rings is 2. The van der Waals surface area contributed by atoms with E-state index < -0.39 is 11.2 Å². The van der Waals surface area contributed by atoms with Crippen molar-refractivity contribution in [1.29, 1.82) is 0 Å². The highest BCUT2D eigenvalue weighted by atomic mass is 35.5. The Kier molecular flexibility index (Phi) is 8.50. The third kappa shape index (κ3) is 7.10. The SMILES string of the molecule is O=C(C[C@@]1(COc2cccc(Cl)c2)CCCN(C(=O)COc2cccc(F)c2)C1)N1CCCCC1. The highest BCUT2D eigenvalue weighted by Gasteiger charge is 2.41. The number of nitrogens with zero attached hydrogens (tertiary/aromatic N) is 2. The lowest BCUT2D eigenvalue weighted by Gasteiger charge is -2.43. The molecule has 188 valence electrons. The van der Waals surface area contributed by atoms with Crippen molar-refractivity contribution in [1.82, 2.24) is 9.80 Å². The van der Waals surface area contributed by atoms with Gasteiger partial charge in [-0.1, -0.05) is 23.7 Å². The molecule has 0 N–H and O–H groups in total. The molecule has 1 atom stereocenters. The van der Waals surface area contributed by atoms with Gasteiger partial charge in [0.25, 0.3) is 5.91 Å². The molecule has 0 spiro atoms. The summed E-state index contributed by atoms with van der Waals surface area (Å²) >= 11 is 6.12. The van der Waals surface area contributed by atoms with Crippen LogP contribution in [0.1, 0.15) is 38.5 Å². The average Bonchev–Trinajstić information content (AvgIpc) is 2.87. The van der Waals surface area contributed by atoms with Crippen LogP contribution in [0.25, 0.3) is 0 Å². The van der Waals surface area contributed by atoms with Gasteiger partial charge in [0.15, 0.2) is 6.61 Å². The molecule has 6 nitrogen and oxygen atoms in total. The normalized spacial score (nSPS) is 20.4. The summed E-state index contributed by atoms with van der Waals surface area (Å²) < 4.78 is 25.1. The van der Waals surface area contributed by atoms with E-state index in [1.807, 2.05) is 17.0 Å². The zero-order chi connectivity index (χ0) is 24.7. The fourth-order valence-electron chi connectivity index (χ4n) is 4.90. The number of amides is 2. The lowest BCUT2D eigenvalue weighted by Crippen LogP contribution is -2.52. The van der Waals surface area contributed by atoms with E-state index in [0.717, 1.165) is 45.2 Å². The molecule has 0 unspecified atom stereocenters. The molecular weight excluding hydrogens is 471 g/mol. The minimum atomic E-state index is -0.510. The van der Waals surface area contributed by atoms with Gasteiger partial charge < -0.3 is 19.3 Å². The Hall–Kier alpha value is -2.80. The zero-order valence-corrected chi connectivity index (χ0v) is 20.6. The van der Waals surface area contributed by atoms with Crippen LogP contribution < -0.4 is 9.47 Å². The molecule has 2 fully saturated rings. The van der Waals surface area contributed by atoms with Crippen LogP contribution in [0.4, 0.5) is 4.39 Å². The maximum Gasteiger partial charge on any atom is 0.260 e. The number of benzene rings is 2. The van der Waals surface area contributed by atoms with E-state index in [4.69, 9.17) is 21.1 Å². The summed E-state index contributed by atoms with van der Waals surface area (Å²) in [6.07, 6.45) is 5.07. The summed E-state index contributed by atoms with van der Waals surface area (Å²) in [5, 5.41) is 0.580. The van der Waals surface area contributed by atoms with Crippen molar-refractivity contribution >= 4 is 23.4 Å². The van der Waals surface area contributed by atoms with Gasteiger partial charge in [0, 0.05) is 49.1 Å². The first kappa shape index (κ1) is 25.3. The Morgan fingerprint density at radius 2 is 1.60 bits per heavy atom. The first-order chi connectivity index (χ1) is 16.9. The molecule has 2 amide bonds. The summed E-state index contributed by atoms with van der Waals surface area (Å²) in [5.74, 6) is 0.462. The van der Waals surface area contributed by atoms with E-state index in [0.29, 0.717) is 42.6 Å². The second-order valence-electron chi connectivity index (χ2n) is 9.53. The Morgan fingerprint density at radius 1 is 0.886 bits per heavy atom. The maximum atomic E-state index is 13.4. The molecule has 2 heterocycles. The minimum Gasteiger partial charge on any atom is -0.493 e. The third-order valence-electron chi connectivity index (χ3n) is 6.75. The number of carbonyl (C=O) groups is 2. The monoisotopic (exact) mass is 502 g/mol. The van der Waals surface area contributed by atoms with Crippen LogP contribution in [0.3, 0.4) is 0 Å². The fourth-order valence-corrected chi connectivity index (χ4v) is 5.08. The predicted octanol–water partition coefficient (Wildman–Crippen LogP) is 4.95. The van der Waals surface area contributed by atoms with E-state index in [1.165, 1.54) is 12.1 Å². The van der Waals surface area contributed by atoms with E-state index >= 15 is 0 Å². The van der Waals surface area contributed by atoms with Crippen molar-refractivity contribution in [2.24, 2.45) is 5.41 Å². The number of hydrogen-bond acceptors (Lipinski definition) is 4. The van der Waals surface area contributed by atoms with Crippen molar-refractivity contribution < 1.29 is 23.5 Å². The van der Waals surface area contributed by atoms with Crippen LogP contribution in [0.5, 0.6) is 11.5 Å². The summed E-state index contributed by atoms with van der Waals surface area (Å²) in [5.41, 5.74) is -0.510. The number of hydrogen-bond donors (Lipinski definition) is 0. The number of likely N-dealkylation sites (tertiary alicyclic amines) is 2. The summed E-state index contributed by atoms with van der Waals surface area (Å²) in [6.45, 7) is 2.68. The van der Waals surface area contributed by atoms with Crippen LogP contribution in [-0.4, -0.2) is 61.0 Å². The van der Waals surface area contributed by atoms with Crippen LogP contribution in [-0.2, 0) is 9.59 Å². The summed E-state index contributed by atoms with van der Waals surface area (Å²) in [7, 11) is 0. The van der Waals surface area contributed by atoms with Crippen molar-refractivity contribution in [3.63, 3.8) is 0 Å². The summed E-state index contributed by atoms with van der Waals surface area (Å²) in [6, 6.07) is 12.9. The molecule has 0 saturated carbocycles. The molecule has 2 saturated heterocycles. The topological polar surface area (TPSA) is 59.1 Å². The fraction of sp³-hybridized carbons (Fsp3) is 0.481. The van der Waals surface area contributed by atoms with Gasteiger partial charge in [-0.2, -0.15) is 0 Å². The van der Waals surface area contributed by atoms with E-state index in [9.17, 15) is 14.0 Å². The van der Waals surface area contributed by atoms with Crippen molar-refractivity contribution in [2.75, 3.05) is 39.4 Å². The first-order valence-corrected chi connectivity index (χ1v) is 12.6. The number of carbonyl (C=O) groups excluding carboxylic acids is 2. The molecule has 8 heteroatoms.